The Morgan fingerprint density at radius 3 is 2.25 bits per heavy atom. The van der Waals surface area contributed by atoms with Crippen molar-refractivity contribution >= 4 is 34.7 Å². The summed E-state index contributed by atoms with van der Waals surface area (Å²) in [5.74, 6) is -0.0436. The number of imide groups is 1. The Labute approximate surface area is 191 Å². The van der Waals surface area contributed by atoms with E-state index in [1.54, 1.807) is 43.5 Å². The molecule has 0 fully saturated rings. The van der Waals surface area contributed by atoms with E-state index < -0.39 is 0 Å². The van der Waals surface area contributed by atoms with Gasteiger partial charge in [0.25, 0.3) is 11.8 Å². The minimum Gasteiger partial charge on any atom is -0.497 e. The Kier molecular flexibility index (Phi) is 5.19. The highest BCUT2D eigenvalue weighted by Gasteiger charge is 2.43. The van der Waals surface area contributed by atoms with Crippen molar-refractivity contribution in [1.82, 2.24) is 4.90 Å². The predicted molar refractivity (Wildman–Crippen MR) is 124 cm³/mol. The van der Waals surface area contributed by atoms with Crippen molar-refractivity contribution in [3.63, 3.8) is 0 Å². The Morgan fingerprint density at radius 2 is 1.53 bits per heavy atom. The Bertz CT molecular complexity index is 1250. The SMILES string of the molecule is COc1ccc(C2=C(N3CCc4ccccc4C3)C(=O)N(c3ccccc3Cl)C2=O)cc1. The Morgan fingerprint density at radius 1 is 0.844 bits per heavy atom. The van der Waals surface area contributed by atoms with E-state index in [0.717, 1.165) is 12.0 Å². The van der Waals surface area contributed by atoms with Crippen LogP contribution in [0.15, 0.2) is 78.5 Å². The standard InChI is InChI=1S/C26H21ClN2O3/c1-32-20-12-10-18(11-13-20)23-24(28-15-14-17-6-2-3-7-19(17)16-28)26(31)29(25(23)30)22-9-5-4-8-21(22)27/h2-13H,14-16H2,1H3. The van der Waals surface area contributed by atoms with Gasteiger partial charge in [-0.3, -0.25) is 9.59 Å². The van der Waals surface area contributed by atoms with E-state index in [4.69, 9.17) is 16.3 Å². The second-order valence-electron chi connectivity index (χ2n) is 7.79. The van der Waals surface area contributed by atoms with Gasteiger partial charge < -0.3 is 9.64 Å². The highest BCUT2D eigenvalue weighted by Crippen LogP contribution is 2.39. The van der Waals surface area contributed by atoms with Gasteiger partial charge >= 0.3 is 0 Å². The molecule has 0 bridgehead atoms. The summed E-state index contributed by atoms with van der Waals surface area (Å²) in [5, 5.41) is 0.355. The van der Waals surface area contributed by atoms with Crippen LogP contribution in [0.25, 0.3) is 5.57 Å². The van der Waals surface area contributed by atoms with Crippen molar-refractivity contribution in [2.75, 3.05) is 18.6 Å². The van der Waals surface area contributed by atoms with Gasteiger partial charge in [-0.25, -0.2) is 4.90 Å². The average molecular weight is 445 g/mol. The molecule has 0 aromatic heterocycles. The number of carbonyl (C=O) groups excluding carboxylic acids is 2. The van der Waals surface area contributed by atoms with Crippen LogP contribution in [-0.4, -0.2) is 30.4 Å². The van der Waals surface area contributed by atoms with Crippen LogP contribution >= 0.6 is 11.6 Å². The molecule has 160 valence electrons. The molecule has 0 unspecified atom stereocenters. The number of hydrogen-bond donors (Lipinski definition) is 0. The third-order valence-electron chi connectivity index (χ3n) is 5.98. The van der Waals surface area contributed by atoms with Crippen LogP contribution in [0.2, 0.25) is 5.02 Å². The van der Waals surface area contributed by atoms with Crippen LogP contribution in [0.5, 0.6) is 5.75 Å². The topological polar surface area (TPSA) is 49.9 Å². The minimum absolute atomic E-state index is 0.353. The quantitative estimate of drug-likeness (QED) is 0.548. The largest absolute Gasteiger partial charge is 0.497 e. The molecule has 2 aliphatic rings. The number of nitrogens with zero attached hydrogens (tertiary/aromatic N) is 2. The first-order valence-electron chi connectivity index (χ1n) is 10.4. The van der Waals surface area contributed by atoms with E-state index in [1.807, 2.05) is 29.2 Å². The zero-order valence-corrected chi connectivity index (χ0v) is 18.3. The lowest BCUT2D eigenvalue weighted by Crippen LogP contribution is -2.37. The first-order valence-corrected chi connectivity index (χ1v) is 10.8. The van der Waals surface area contributed by atoms with Gasteiger partial charge in [0.2, 0.25) is 0 Å². The Hall–Kier alpha value is -3.57. The maximum absolute atomic E-state index is 13.7. The average Bonchev–Trinajstić information content (AvgIpc) is 3.09. The molecule has 0 saturated heterocycles. The molecule has 0 saturated carbocycles. The normalized spacial score (nSPS) is 15.9. The van der Waals surface area contributed by atoms with E-state index in [1.165, 1.54) is 10.5 Å². The molecule has 3 aromatic carbocycles. The van der Waals surface area contributed by atoms with Crippen LogP contribution in [0, 0.1) is 0 Å². The van der Waals surface area contributed by atoms with Crippen LogP contribution in [-0.2, 0) is 22.6 Å². The van der Waals surface area contributed by atoms with E-state index in [0.29, 0.717) is 46.4 Å². The molecule has 0 aliphatic carbocycles. The third kappa shape index (κ3) is 3.35. The van der Waals surface area contributed by atoms with Gasteiger partial charge in [-0.05, 0) is 47.4 Å². The van der Waals surface area contributed by atoms with Crippen LogP contribution in [0.3, 0.4) is 0 Å². The zero-order chi connectivity index (χ0) is 22.2. The summed E-state index contributed by atoms with van der Waals surface area (Å²) >= 11 is 6.37. The molecule has 0 radical (unpaired) electrons. The monoisotopic (exact) mass is 444 g/mol. The maximum atomic E-state index is 13.7. The molecule has 2 aliphatic heterocycles. The summed E-state index contributed by atoms with van der Waals surface area (Å²) in [6, 6.07) is 22.3. The van der Waals surface area contributed by atoms with Crippen molar-refractivity contribution in [1.29, 1.82) is 0 Å². The Balaban J connectivity index is 1.63. The summed E-state index contributed by atoms with van der Waals surface area (Å²) in [7, 11) is 1.59. The van der Waals surface area contributed by atoms with Gasteiger partial charge in [-0.15, -0.1) is 0 Å². The van der Waals surface area contributed by atoms with E-state index in [2.05, 4.69) is 12.1 Å². The first-order chi connectivity index (χ1) is 15.6. The van der Waals surface area contributed by atoms with Crippen molar-refractivity contribution in [2.45, 2.75) is 13.0 Å². The van der Waals surface area contributed by atoms with Gasteiger partial charge in [-0.2, -0.15) is 0 Å². The lowest BCUT2D eigenvalue weighted by Gasteiger charge is -2.31. The summed E-state index contributed by atoms with van der Waals surface area (Å²) < 4.78 is 5.26. The smallest absolute Gasteiger partial charge is 0.282 e. The number of carbonyl (C=O) groups is 2. The number of hydrogen-bond acceptors (Lipinski definition) is 4. The van der Waals surface area contributed by atoms with Crippen molar-refractivity contribution in [3.8, 4) is 5.75 Å². The fourth-order valence-corrected chi connectivity index (χ4v) is 4.59. The number of anilines is 1. The third-order valence-corrected chi connectivity index (χ3v) is 6.30. The molecule has 0 atom stereocenters. The van der Waals surface area contributed by atoms with E-state index >= 15 is 0 Å². The number of amides is 2. The number of halogens is 1. The molecule has 32 heavy (non-hydrogen) atoms. The molecule has 6 heteroatoms. The number of benzene rings is 3. The molecule has 2 heterocycles. The van der Waals surface area contributed by atoms with Crippen LogP contribution in [0.1, 0.15) is 16.7 Å². The summed E-state index contributed by atoms with van der Waals surface area (Å²) in [4.78, 5) is 30.6. The number of ether oxygens (including phenoxy) is 1. The van der Waals surface area contributed by atoms with Gasteiger partial charge in [0.1, 0.15) is 11.4 Å². The molecule has 0 spiro atoms. The maximum Gasteiger partial charge on any atom is 0.282 e. The molecule has 3 aromatic rings. The van der Waals surface area contributed by atoms with Crippen LogP contribution in [0.4, 0.5) is 5.69 Å². The summed E-state index contributed by atoms with van der Waals surface area (Å²) in [5.41, 5.74) is 4.30. The van der Waals surface area contributed by atoms with Crippen LogP contribution < -0.4 is 9.64 Å². The second kappa shape index (κ2) is 8.17. The lowest BCUT2D eigenvalue weighted by molar-refractivity contribution is -0.120. The molecule has 5 rings (SSSR count). The van der Waals surface area contributed by atoms with E-state index in [-0.39, 0.29) is 11.8 Å². The summed E-state index contributed by atoms with van der Waals surface area (Å²) in [6.45, 7) is 1.22. The lowest BCUT2D eigenvalue weighted by atomic mass is 9.98. The van der Waals surface area contributed by atoms with Crippen molar-refractivity contribution < 1.29 is 14.3 Å². The van der Waals surface area contributed by atoms with Gasteiger partial charge in [-0.1, -0.05) is 60.1 Å². The van der Waals surface area contributed by atoms with Gasteiger partial charge in [0.05, 0.1) is 23.4 Å². The number of para-hydroxylation sites is 1. The first kappa shape index (κ1) is 20.3. The van der Waals surface area contributed by atoms with E-state index in [9.17, 15) is 9.59 Å². The minimum atomic E-state index is -0.373. The number of rotatable bonds is 4. The molecule has 2 amide bonds. The molecular weight excluding hydrogens is 424 g/mol. The summed E-state index contributed by atoms with van der Waals surface area (Å²) in [6.07, 6.45) is 0.809. The fourth-order valence-electron chi connectivity index (χ4n) is 4.37. The highest BCUT2D eigenvalue weighted by molar-refractivity contribution is 6.47. The number of fused-ring (bicyclic) bond motifs is 1. The second-order valence-corrected chi connectivity index (χ2v) is 8.20. The van der Waals surface area contributed by atoms with Crippen molar-refractivity contribution in [3.05, 3.63) is 100 Å². The van der Waals surface area contributed by atoms with Gasteiger partial charge in [0.15, 0.2) is 0 Å². The molecular formula is C26H21ClN2O3. The zero-order valence-electron chi connectivity index (χ0n) is 17.5. The van der Waals surface area contributed by atoms with Gasteiger partial charge in [0, 0.05) is 13.1 Å². The highest BCUT2D eigenvalue weighted by atomic mass is 35.5. The predicted octanol–water partition coefficient (Wildman–Crippen LogP) is 4.69. The fraction of sp³-hybridized carbons (Fsp3) is 0.154. The number of methoxy groups -OCH3 is 1. The molecule has 5 nitrogen and oxygen atoms in total. The molecule has 0 N–H and O–H groups in total. The van der Waals surface area contributed by atoms with Crippen molar-refractivity contribution in [2.24, 2.45) is 0 Å².